The van der Waals surface area contributed by atoms with Crippen LogP contribution in [-0.4, -0.2) is 74.1 Å². The minimum absolute atomic E-state index is 0.103. The second-order valence-corrected chi connectivity index (χ2v) is 8.37. The molecule has 1 fully saturated rings. The number of hydrogen-bond donors (Lipinski definition) is 1. The van der Waals surface area contributed by atoms with Crippen molar-refractivity contribution in [2.24, 2.45) is 0 Å². The van der Waals surface area contributed by atoms with Crippen LogP contribution in [0.2, 0.25) is 0 Å². The van der Waals surface area contributed by atoms with Crippen LogP contribution in [0.15, 0.2) is 42.9 Å². The number of anilines is 1. The summed E-state index contributed by atoms with van der Waals surface area (Å²) >= 11 is 0. The first-order chi connectivity index (χ1) is 17.5. The van der Waals surface area contributed by atoms with E-state index in [1.165, 1.54) is 23.0 Å². The summed E-state index contributed by atoms with van der Waals surface area (Å²) in [6.07, 6.45) is 4.66. The molecular weight excluding hydrogens is 475 g/mol. The maximum atomic E-state index is 14.1. The van der Waals surface area contributed by atoms with Crippen LogP contribution in [0.25, 0.3) is 22.3 Å². The summed E-state index contributed by atoms with van der Waals surface area (Å²) in [6.45, 7) is 2.02. The first kappa shape index (κ1) is 23.9. The van der Waals surface area contributed by atoms with E-state index in [0.717, 1.165) is 6.07 Å². The molecule has 0 aliphatic carbocycles. The third-order valence-electron chi connectivity index (χ3n) is 5.96. The van der Waals surface area contributed by atoms with Crippen molar-refractivity contribution in [1.29, 1.82) is 0 Å². The van der Waals surface area contributed by atoms with E-state index in [9.17, 15) is 13.2 Å². The van der Waals surface area contributed by atoms with E-state index >= 15 is 0 Å². The fourth-order valence-electron chi connectivity index (χ4n) is 4.14. The zero-order chi connectivity index (χ0) is 25.1. The quantitative estimate of drug-likeness (QED) is 0.396. The highest BCUT2D eigenvalue weighted by molar-refractivity contribution is 5.83. The van der Waals surface area contributed by atoms with Gasteiger partial charge in [-0.25, -0.2) is 32.8 Å². The summed E-state index contributed by atoms with van der Waals surface area (Å²) in [5.41, 5.74) is 2.69. The van der Waals surface area contributed by atoms with Gasteiger partial charge in [-0.1, -0.05) is 6.07 Å². The maximum absolute atomic E-state index is 14.1. The monoisotopic (exact) mass is 499 g/mol. The van der Waals surface area contributed by atoms with Crippen molar-refractivity contribution in [2.75, 3.05) is 44.3 Å². The number of aliphatic hydroxyl groups excluding tert-OH is 1. The van der Waals surface area contributed by atoms with Gasteiger partial charge in [-0.2, -0.15) is 5.10 Å². The van der Waals surface area contributed by atoms with Crippen molar-refractivity contribution in [3.63, 3.8) is 0 Å². The standard InChI is InChI=1S/C24H24F3N7O2/c25-15-34-14-17(11-29-34)23-24(31-21-12-28-22(36-8-7-35)10-20(21)30-23)33-5-3-32(4-6-33)13-16-1-2-18(26)9-19(16)27/h1-2,9-12,14,35H,3-8,13,15H2. The van der Waals surface area contributed by atoms with Gasteiger partial charge in [0, 0.05) is 62.2 Å². The predicted molar refractivity (Wildman–Crippen MR) is 126 cm³/mol. The average molecular weight is 499 g/mol. The van der Waals surface area contributed by atoms with Crippen molar-refractivity contribution in [3.05, 3.63) is 60.1 Å². The minimum atomic E-state index is -0.766. The Hall–Kier alpha value is -3.77. The zero-order valence-electron chi connectivity index (χ0n) is 19.3. The Morgan fingerprint density at radius 1 is 1.00 bits per heavy atom. The number of aliphatic hydroxyl groups is 1. The van der Waals surface area contributed by atoms with Crippen molar-refractivity contribution >= 4 is 16.9 Å². The second kappa shape index (κ2) is 10.5. The lowest BCUT2D eigenvalue weighted by Crippen LogP contribution is -2.46. The van der Waals surface area contributed by atoms with E-state index < -0.39 is 18.4 Å². The Morgan fingerprint density at radius 3 is 2.56 bits per heavy atom. The number of piperazine rings is 1. The van der Waals surface area contributed by atoms with Gasteiger partial charge in [0.15, 0.2) is 12.6 Å². The summed E-state index contributed by atoms with van der Waals surface area (Å²) in [5, 5.41) is 13.0. The molecule has 0 bridgehead atoms. The molecule has 12 heteroatoms. The number of alkyl halides is 1. The number of aromatic nitrogens is 5. The van der Waals surface area contributed by atoms with Gasteiger partial charge < -0.3 is 14.7 Å². The van der Waals surface area contributed by atoms with Crippen molar-refractivity contribution in [2.45, 2.75) is 13.3 Å². The summed E-state index contributed by atoms with van der Waals surface area (Å²) in [7, 11) is 0. The molecule has 5 rings (SSSR count). The smallest absolute Gasteiger partial charge is 0.215 e. The lowest BCUT2D eigenvalue weighted by molar-refractivity contribution is 0.197. The first-order valence-electron chi connectivity index (χ1n) is 11.5. The lowest BCUT2D eigenvalue weighted by Gasteiger charge is -2.36. The highest BCUT2D eigenvalue weighted by atomic mass is 19.1. The molecule has 1 aliphatic rings. The molecule has 36 heavy (non-hydrogen) atoms. The van der Waals surface area contributed by atoms with Gasteiger partial charge in [-0.05, 0) is 6.07 Å². The zero-order valence-corrected chi connectivity index (χ0v) is 19.3. The van der Waals surface area contributed by atoms with E-state index in [2.05, 4.69) is 19.9 Å². The molecular formula is C24H24F3N7O2. The van der Waals surface area contributed by atoms with Gasteiger partial charge in [0.25, 0.3) is 0 Å². The number of benzene rings is 1. The van der Waals surface area contributed by atoms with Gasteiger partial charge in [0.05, 0.1) is 24.5 Å². The van der Waals surface area contributed by atoms with E-state index in [0.29, 0.717) is 72.3 Å². The van der Waals surface area contributed by atoms with Crippen molar-refractivity contribution in [3.8, 4) is 17.1 Å². The molecule has 0 spiro atoms. The van der Waals surface area contributed by atoms with Crippen LogP contribution in [0, 0.1) is 11.6 Å². The van der Waals surface area contributed by atoms with Crippen LogP contribution in [0.3, 0.4) is 0 Å². The number of hydrogen-bond acceptors (Lipinski definition) is 8. The third-order valence-corrected chi connectivity index (χ3v) is 5.96. The highest BCUT2D eigenvalue weighted by Gasteiger charge is 2.24. The molecule has 0 unspecified atom stereocenters. The van der Waals surface area contributed by atoms with E-state index in [-0.39, 0.29) is 13.2 Å². The number of rotatable bonds is 8. The van der Waals surface area contributed by atoms with Gasteiger partial charge in [0.1, 0.15) is 29.5 Å². The number of halogens is 3. The molecule has 188 valence electrons. The van der Waals surface area contributed by atoms with Crippen LogP contribution in [0.5, 0.6) is 5.88 Å². The SMILES string of the molecule is OCCOc1cc2nc(-c3cnn(CF)c3)c(N3CCN(Cc4ccc(F)cc4F)CC3)nc2cn1. The van der Waals surface area contributed by atoms with Gasteiger partial charge in [-0.3, -0.25) is 4.90 Å². The van der Waals surface area contributed by atoms with Crippen LogP contribution in [0.1, 0.15) is 5.56 Å². The molecule has 0 radical (unpaired) electrons. The summed E-state index contributed by atoms with van der Waals surface area (Å²) in [6, 6.07) is 5.27. The average Bonchev–Trinajstić information content (AvgIpc) is 3.38. The van der Waals surface area contributed by atoms with Gasteiger partial charge in [-0.15, -0.1) is 0 Å². The van der Waals surface area contributed by atoms with Gasteiger partial charge in [0.2, 0.25) is 5.88 Å². The van der Waals surface area contributed by atoms with E-state index in [4.69, 9.17) is 19.8 Å². The summed E-state index contributed by atoms with van der Waals surface area (Å²) in [5.74, 6) is -0.231. The molecule has 3 aromatic heterocycles. The van der Waals surface area contributed by atoms with Gasteiger partial charge >= 0.3 is 0 Å². The van der Waals surface area contributed by atoms with Crippen molar-refractivity contribution < 1.29 is 23.0 Å². The van der Waals surface area contributed by atoms with Crippen LogP contribution < -0.4 is 9.64 Å². The molecule has 0 atom stereocenters. The molecule has 0 saturated carbocycles. The lowest BCUT2D eigenvalue weighted by atomic mass is 10.1. The number of fused-ring (bicyclic) bond motifs is 1. The Balaban J connectivity index is 1.41. The fraction of sp³-hybridized carbons (Fsp3) is 0.333. The summed E-state index contributed by atoms with van der Waals surface area (Å²) in [4.78, 5) is 18.0. The Bertz CT molecular complexity index is 1360. The molecule has 4 heterocycles. The molecule has 1 aliphatic heterocycles. The fourth-order valence-corrected chi connectivity index (χ4v) is 4.14. The molecule has 0 amide bonds. The molecule has 1 N–H and O–H groups in total. The normalized spacial score (nSPS) is 14.5. The van der Waals surface area contributed by atoms with Crippen LogP contribution in [0.4, 0.5) is 19.0 Å². The van der Waals surface area contributed by atoms with E-state index in [1.807, 2.05) is 0 Å². The van der Waals surface area contributed by atoms with E-state index in [1.54, 1.807) is 18.5 Å². The minimum Gasteiger partial charge on any atom is -0.475 e. The first-order valence-corrected chi connectivity index (χ1v) is 11.5. The molecule has 1 aromatic carbocycles. The Labute approximate surface area is 204 Å². The highest BCUT2D eigenvalue weighted by Crippen LogP contribution is 2.31. The largest absolute Gasteiger partial charge is 0.475 e. The Kier molecular flexibility index (Phi) is 6.96. The van der Waals surface area contributed by atoms with Crippen molar-refractivity contribution in [1.82, 2.24) is 29.6 Å². The molecule has 1 saturated heterocycles. The second-order valence-electron chi connectivity index (χ2n) is 8.37. The maximum Gasteiger partial charge on any atom is 0.215 e. The molecule has 9 nitrogen and oxygen atoms in total. The predicted octanol–water partition coefficient (Wildman–Crippen LogP) is 2.79. The number of pyridine rings is 1. The number of ether oxygens (including phenoxy) is 1. The van der Waals surface area contributed by atoms with Crippen LogP contribution in [-0.2, 0) is 13.3 Å². The Morgan fingerprint density at radius 2 is 1.83 bits per heavy atom. The third kappa shape index (κ3) is 5.09. The number of nitrogens with zero attached hydrogens (tertiary/aromatic N) is 7. The molecule has 4 aromatic rings. The topological polar surface area (TPSA) is 92.4 Å². The summed E-state index contributed by atoms with van der Waals surface area (Å²) < 4.78 is 47.1. The van der Waals surface area contributed by atoms with Crippen LogP contribution >= 0.6 is 0 Å².